The van der Waals surface area contributed by atoms with E-state index in [0.717, 1.165) is 36.0 Å². The van der Waals surface area contributed by atoms with Crippen molar-refractivity contribution in [2.45, 2.75) is 155 Å². The van der Waals surface area contributed by atoms with Crippen molar-refractivity contribution >= 4 is 8.25 Å². The summed E-state index contributed by atoms with van der Waals surface area (Å²) in [6, 6.07) is 3.84. The lowest BCUT2D eigenvalue weighted by Gasteiger charge is -2.25. The van der Waals surface area contributed by atoms with Gasteiger partial charge in [0.15, 0.2) is 0 Å². The first-order valence-electron chi connectivity index (χ1n) is 14.4. The van der Waals surface area contributed by atoms with Crippen LogP contribution >= 0.6 is 8.25 Å². The van der Waals surface area contributed by atoms with Crippen molar-refractivity contribution in [3.63, 3.8) is 0 Å². The summed E-state index contributed by atoms with van der Waals surface area (Å²) in [5, 5.41) is 10.5. The fourth-order valence-corrected chi connectivity index (χ4v) is 5.36. The first-order chi connectivity index (χ1) is 16.7. The molecule has 5 heteroatoms. The molecule has 2 unspecified atom stereocenters. The highest BCUT2D eigenvalue weighted by molar-refractivity contribution is 7.32. The van der Waals surface area contributed by atoms with Crippen LogP contribution in [0.4, 0.5) is 0 Å². The first-order valence-corrected chi connectivity index (χ1v) is 15.7. The van der Waals surface area contributed by atoms with Crippen LogP contribution in [-0.4, -0.2) is 10.00 Å². The van der Waals surface area contributed by atoms with Crippen LogP contribution in [0.15, 0.2) is 12.1 Å². The lowest BCUT2D eigenvalue weighted by Crippen LogP contribution is -2.13. The molecule has 0 aromatic heterocycles. The van der Waals surface area contributed by atoms with Crippen LogP contribution in [0.3, 0.4) is 0 Å². The molecular formula is C30H55O4P. The molecule has 0 saturated carbocycles. The lowest BCUT2D eigenvalue weighted by atomic mass is 9.83. The molecule has 0 radical (unpaired) electrons. The monoisotopic (exact) mass is 510 g/mol. The topological polar surface area (TPSA) is 66.8 Å². The van der Waals surface area contributed by atoms with Gasteiger partial charge in [0.2, 0.25) is 0 Å². The summed E-state index contributed by atoms with van der Waals surface area (Å²) in [5.41, 5.74) is 2.31. The zero-order valence-electron chi connectivity index (χ0n) is 23.5. The highest BCUT2D eigenvalue weighted by Crippen LogP contribution is 2.39. The van der Waals surface area contributed by atoms with Gasteiger partial charge in [0, 0.05) is 0 Å². The quantitative estimate of drug-likeness (QED) is 0.135. The van der Waals surface area contributed by atoms with Gasteiger partial charge in [-0.25, -0.2) is 0 Å². The van der Waals surface area contributed by atoms with Crippen LogP contribution in [0, 0.1) is 6.92 Å². The van der Waals surface area contributed by atoms with Crippen LogP contribution < -0.4 is 0 Å². The molecule has 204 valence electrons. The Morgan fingerprint density at radius 1 is 0.800 bits per heavy atom. The molecule has 35 heavy (non-hydrogen) atoms. The lowest BCUT2D eigenvalue weighted by molar-refractivity contribution is 0.177. The van der Waals surface area contributed by atoms with E-state index in [4.69, 9.17) is 4.52 Å². The smallest absolute Gasteiger partial charge is 0.317 e. The SMILES string of the molecule is CCCCCCCCCCCCCCCCCCC(O[PH](=O)O)c1cc(C)c(O)c(C(C)(C)C)c1. The van der Waals surface area contributed by atoms with E-state index in [1.54, 1.807) is 0 Å². The van der Waals surface area contributed by atoms with Gasteiger partial charge in [-0.15, -0.1) is 0 Å². The van der Waals surface area contributed by atoms with Gasteiger partial charge in [0.1, 0.15) is 5.75 Å². The van der Waals surface area contributed by atoms with Crippen LogP contribution in [-0.2, 0) is 14.5 Å². The van der Waals surface area contributed by atoms with E-state index in [9.17, 15) is 14.6 Å². The van der Waals surface area contributed by atoms with Gasteiger partial charge in [-0.3, -0.25) is 4.57 Å². The molecule has 0 amide bonds. The summed E-state index contributed by atoms with van der Waals surface area (Å²) in [7, 11) is -3.03. The van der Waals surface area contributed by atoms with Crippen molar-refractivity contribution in [2.75, 3.05) is 0 Å². The molecule has 0 bridgehead atoms. The number of hydrogen-bond donors (Lipinski definition) is 2. The summed E-state index contributed by atoms with van der Waals surface area (Å²) in [6.07, 6.45) is 21.5. The van der Waals surface area contributed by atoms with Crippen molar-refractivity contribution in [2.24, 2.45) is 0 Å². The third kappa shape index (κ3) is 14.5. The Labute approximate surface area is 217 Å². The standard InChI is InChI=1S/C30H55O4P/c1-6-7-8-9-10-11-12-13-14-15-16-17-18-19-20-21-22-28(34-35(32)33)26-23-25(2)29(31)27(24-26)30(3,4)5/h23-24,28,31,35H,6-22H2,1-5H3,(H,32,33). The van der Waals surface area contributed by atoms with Crippen LogP contribution in [0.5, 0.6) is 5.75 Å². The molecule has 2 N–H and O–H groups in total. The number of rotatable bonds is 20. The molecule has 0 spiro atoms. The van der Waals surface area contributed by atoms with E-state index in [1.807, 2.05) is 19.1 Å². The molecule has 0 aliphatic heterocycles. The van der Waals surface area contributed by atoms with E-state index in [0.29, 0.717) is 5.75 Å². The van der Waals surface area contributed by atoms with Gasteiger partial charge in [-0.05, 0) is 47.6 Å². The molecule has 0 aliphatic rings. The molecule has 4 nitrogen and oxygen atoms in total. The molecule has 1 aromatic carbocycles. The first kappa shape index (κ1) is 32.2. The van der Waals surface area contributed by atoms with E-state index in [-0.39, 0.29) is 5.41 Å². The number of benzene rings is 1. The fraction of sp³-hybridized carbons (Fsp3) is 0.800. The second-order valence-corrected chi connectivity index (χ2v) is 12.2. The highest BCUT2D eigenvalue weighted by atomic mass is 31.1. The van der Waals surface area contributed by atoms with Crippen molar-refractivity contribution in [3.8, 4) is 5.75 Å². The van der Waals surface area contributed by atoms with Crippen molar-refractivity contribution in [1.29, 1.82) is 0 Å². The maximum atomic E-state index is 11.5. The molecule has 0 heterocycles. The fourth-order valence-electron chi connectivity index (χ4n) is 4.86. The van der Waals surface area contributed by atoms with Gasteiger partial charge in [-0.1, -0.05) is 130 Å². The average Bonchev–Trinajstić information content (AvgIpc) is 2.78. The number of phenolic OH excluding ortho intramolecular Hbond substituents is 1. The predicted octanol–water partition coefficient (Wildman–Crippen LogP) is 10.1. The summed E-state index contributed by atoms with van der Waals surface area (Å²) < 4.78 is 16.9. The Bertz CT molecular complexity index is 711. The highest BCUT2D eigenvalue weighted by Gasteiger charge is 2.23. The van der Waals surface area contributed by atoms with Gasteiger partial charge in [-0.2, -0.15) is 0 Å². The molecule has 0 aliphatic carbocycles. The Morgan fingerprint density at radius 3 is 1.63 bits per heavy atom. The van der Waals surface area contributed by atoms with Crippen LogP contribution in [0.1, 0.15) is 160 Å². The summed E-state index contributed by atoms with van der Waals surface area (Å²) in [4.78, 5) is 9.45. The van der Waals surface area contributed by atoms with Crippen molar-refractivity contribution < 1.29 is 19.1 Å². The molecule has 0 saturated heterocycles. The minimum atomic E-state index is -3.03. The van der Waals surface area contributed by atoms with E-state index >= 15 is 0 Å². The normalized spacial score (nSPS) is 13.8. The van der Waals surface area contributed by atoms with Crippen LogP contribution in [0.2, 0.25) is 0 Å². The molecular weight excluding hydrogens is 455 g/mol. The van der Waals surface area contributed by atoms with E-state index in [1.165, 1.54) is 89.9 Å². The number of unbranched alkanes of at least 4 members (excludes halogenated alkanes) is 15. The van der Waals surface area contributed by atoms with E-state index in [2.05, 4.69) is 27.7 Å². The third-order valence-corrected chi connectivity index (χ3v) is 7.55. The van der Waals surface area contributed by atoms with E-state index < -0.39 is 14.4 Å². The Kier molecular flexibility index (Phi) is 16.9. The molecule has 0 fully saturated rings. The Balaban J connectivity index is 2.26. The zero-order valence-corrected chi connectivity index (χ0v) is 24.5. The minimum absolute atomic E-state index is 0.214. The summed E-state index contributed by atoms with van der Waals surface area (Å²) in [6.45, 7) is 10.3. The van der Waals surface area contributed by atoms with Gasteiger partial charge in [0.05, 0.1) is 6.10 Å². The number of hydrogen-bond acceptors (Lipinski definition) is 3. The largest absolute Gasteiger partial charge is 0.507 e. The van der Waals surface area contributed by atoms with Gasteiger partial charge >= 0.3 is 8.25 Å². The Hall–Kier alpha value is -0.830. The number of phenols is 1. The van der Waals surface area contributed by atoms with Crippen LogP contribution in [0.25, 0.3) is 0 Å². The zero-order chi connectivity index (χ0) is 26.1. The second kappa shape index (κ2) is 18.4. The number of aryl methyl sites for hydroxylation is 1. The summed E-state index contributed by atoms with van der Waals surface area (Å²) in [5.74, 6) is 0.305. The Morgan fingerprint density at radius 2 is 1.23 bits per heavy atom. The van der Waals surface area contributed by atoms with Crippen molar-refractivity contribution in [1.82, 2.24) is 0 Å². The maximum Gasteiger partial charge on any atom is 0.317 e. The number of aromatic hydroxyl groups is 1. The molecule has 2 atom stereocenters. The minimum Gasteiger partial charge on any atom is -0.507 e. The molecule has 1 aromatic rings. The van der Waals surface area contributed by atoms with Gasteiger partial charge in [0.25, 0.3) is 0 Å². The average molecular weight is 511 g/mol. The van der Waals surface area contributed by atoms with Crippen molar-refractivity contribution in [3.05, 3.63) is 28.8 Å². The molecule has 1 rings (SSSR count). The summed E-state index contributed by atoms with van der Waals surface area (Å²) >= 11 is 0. The third-order valence-electron chi connectivity index (χ3n) is 7.07. The predicted molar refractivity (Wildman–Crippen MR) is 151 cm³/mol. The maximum absolute atomic E-state index is 11.5. The van der Waals surface area contributed by atoms with Gasteiger partial charge < -0.3 is 14.5 Å². The second-order valence-electron chi connectivity index (χ2n) is 11.4.